The van der Waals surface area contributed by atoms with Gasteiger partial charge in [-0.15, -0.1) is 0 Å². The van der Waals surface area contributed by atoms with Crippen molar-refractivity contribution in [3.05, 3.63) is 62.7 Å². The molecule has 0 aliphatic rings. The van der Waals surface area contributed by atoms with Crippen molar-refractivity contribution in [3.8, 4) is 0 Å². The van der Waals surface area contributed by atoms with Crippen LogP contribution in [0.1, 0.15) is 22.8 Å². The highest BCUT2D eigenvalue weighted by atomic mass is 16.2. The van der Waals surface area contributed by atoms with Crippen molar-refractivity contribution >= 4 is 5.91 Å². The molecule has 0 unspecified atom stereocenters. The van der Waals surface area contributed by atoms with E-state index in [0.29, 0.717) is 6.42 Å². The van der Waals surface area contributed by atoms with Gasteiger partial charge in [-0.1, -0.05) is 0 Å². The first-order valence-corrected chi connectivity index (χ1v) is 6.08. The normalized spacial score (nSPS) is 11.8. The summed E-state index contributed by atoms with van der Waals surface area (Å²) in [5, 5.41) is 2.70. The molecular weight excluding hydrogens is 260 g/mol. The summed E-state index contributed by atoms with van der Waals surface area (Å²) in [6.07, 6.45) is 5.08. The molecule has 7 nitrogen and oxygen atoms in total. The van der Waals surface area contributed by atoms with Gasteiger partial charge in [0.1, 0.15) is 5.56 Å². The Balaban J connectivity index is 2.04. The monoisotopic (exact) mass is 274 g/mol. The molecule has 2 aromatic heterocycles. The van der Waals surface area contributed by atoms with Crippen LogP contribution >= 0.6 is 0 Å². The van der Waals surface area contributed by atoms with Gasteiger partial charge in [0, 0.05) is 24.6 Å². The highest BCUT2D eigenvalue weighted by molar-refractivity contribution is 5.93. The fourth-order valence-electron chi connectivity index (χ4n) is 1.80. The number of carbonyl (C=O) groups excluding carboxylic acids is 1. The molecular formula is C13H14N4O3. The summed E-state index contributed by atoms with van der Waals surface area (Å²) in [7, 11) is 0. The molecule has 0 aromatic carbocycles. The zero-order valence-corrected chi connectivity index (χ0v) is 10.8. The first-order chi connectivity index (χ1) is 9.56. The summed E-state index contributed by atoms with van der Waals surface area (Å²) in [4.78, 5) is 42.5. The summed E-state index contributed by atoms with van der Waals surface area (Å²) in [6, 6.07) is 3.56. The Kier molecular flexibility index (Phi) is 4.09. The van der Waals surface area contributed by atoms with Crippen molar-refractivity contribution in [2.75, 3.05) is 0 Å². The molecule has 7 heteroatoms. The fraction of sp³-hybridized carbons (Fsp3) is 0.231. The van der Waals surface area contributed by atoms with E-state index in [9.17, 15) is 14.4 Å². The molecule has 20 heavy (non-hydrogen) atoms. The molecule has 2 rings (SSSR count). The Labute approximate surface area is 114 Å². The maximum atomic E-state index is 11.9. The van der Waals surface area contributed by atoms with Crippen LogP contribution in [-0.2, 0) is 6.42 Å². The zero-order valence-electron chi connectivity index (χ0n) is 10.8. The zero-order chi connectivity index (χ0) is 14.5. The SMILES string of the molecule is C[C@@H](Cc1ccncc1)NC(=O)c1c[nH]c(=O)[nH]c1=O. The maximum Gasteiger partial charge on any atom is 0.325 e. The molecule has 0 saturated heterocycles. The Morgan fingerprint density at radius 2 is 2.05 bits per heavy atom. The van der Waals surface area contributed by atoms with Crippen LogP contribution in [0.2, 0.25) is 0 Å². The molecule has 0 fully saturated rings. The van der Waals surface area contributed by atoms with E-state index in [1.54, 1.807) is 12.4 Å². The summed E-state index contributed by atoms with van der Waals surface area (Å²) in [6.45, 7) is 1.83. The van der Waals surface area contributed by atoms with Crippen LogP contribution < -0.4 is 16.6 Å². The minimum Gasteiger partial charge on any atom is -0.349 e. The van der Waals surface area contributed by atoms with Crippen LogP contribution in [0.4, 0.5) is 0 Å². The molecule has 104 valence electrons. The van der Waals surface area contributed by atoms with Crippen molar-refractivity contribution in [2.45, 2.75) is 19.4 Å². The quantitative estimate of drug-likeness (QED) is 0.718. The first kappa shape index (κ1) is 13.7. The second kappa shape index (κ2) is 5.96. The van der Waals surface area contributed by atoms with Crippen LogP contribution in [-0.4, -0.2) is 26.9 Å². The van der Waals surface area contributed by atoms with Gasteiger partial charge in [-0.2, -0.15) is 0 Å². The lowest BCUT2D eigenvalue weighted by Crippen LogP contribution is -2.38. The predicted molar refractivity (Wildman–Crippen MR) is 72.6 cm³/mol. The van der Waals surface area contributed by atoms with E-state index in [1.807, 2.05) is 24.0 Å². The average Bonchev–Trinajstić information content (AvgIpc) is 2.39. The van der Waals surface area contributed by atoms with Crippen LogP contribution in [0.15, 0.2) is 40.3 Å². The Bertz CT molecular complexity index is 705. The topological polar surface area (TPSA) is 108 Å². The highest BCUT2D eigenvalue weighted by Gasteiger charge is 2.13. The van der Waals surface area contributed by atoms with Gasteiger partial charge < -0.3 is 10.3 Å². The van der Waals surface area contributed by atoms with Gasteiger partial charge in [0.25, 0.3) is 11.5 Å². The molecule has 1 atom stereocenters. The van der Waals surface area contributed by atoms with Crippen LogP contribution in [0.3, 0.4) is 0 Å². The van der Waals surface area contributed by atoms with E-state index in [2.05, 4.69) is 15.3 Å². The smallest absolute Gasteiger partial charge is 0.325 e. The molecule has 0 aliphatic heterocycles. The number of nitrogens with one attached hydrogen (secondary N) is 3. The van der Waals surface area contributed by atoms with Crippen LogP contribution in [0, 0.1) is 0 Å². The summed E-state index contributed by atoms with van der Waals surface area (Å²) in [5.74, 6) is -0.524. The van der Waals surface area contributed by atoms with E-state index in [0.717, 1.165) is 11.8 Å². The number of amides is 1. The lowest BCUT2D eigenvalue weighted by molar-refractivity contribution is 0.0938. The third-order valence-electron chi connectivity index (χ3n) is 2.73. The third-order valence-corrected chi connectivity index (χ3v) is 2.73. The van der Waals surface area contributed by atoms with Crippen LogP contribution in [0.5, 0.6) is 0 Å². The second-order valence-corrected chi connectivity index (χ2v) is 4.42. The number of H-pyrrole nitrogens is 2. The third kappa shape index (κ3) is 3.41. The molecule has 0 bridgehead atoms. The van der Waals surface area contributed by atoms with E-state index in [-0.39, 0.29) is 11.6 Å². The van der Waals surface area contributed by atoms with Crippen molar-refractivity contribution in [3.63, 3.8) is 0 Å². The Morgan fingerprint density at radius 3 is 2.70 bits per heavy atom. The number of hydrogen-bond acceptors (Lipinski definition) is 4. The molecule has 2 heterocycles. The van der Waals surface area contributed by atoms with Crippen molar-refractivity contribution < 1.29 is 4.79 Å². The van der Waals surface area contributed by atoms with Gasteiger partial charge in [-0.05, 0) is 31.0 Å². The van der Waals surface area contributed by atoms with E-state index in [4.69, 9.17) is 0 Å². The molecule has 0 radical (unpaired) electrons. The van der Waals surface area contributed by atoms with Crippen LogP contribution in [0.25, 0.3) is 0 Å². The largest absolute Gasteiger partial charge is 0.349 e. The number of carbonyl (C=O) groups is 1. The summed E-state index contributed by atoms with van der Waals surface area (Å²) >= 11 is 0. The first-order valence-electron chi connectivity index (χ1n) is 6.08. The number of rotatable bonds is 4. The molecule has 0 saturated carbocycles. The van der Waals surface area contributed by atoms with Gasteiger partial charge in [-0.25, -0.2) is 4.79 Å². The lowest BCUT2D eigenvalue weighted by atomic mass is 10.1. The van der Waals surface area contributed by atoms with Crippen molar-refractivity contribution in [1.29, 1.82) is 0 Å². The minimum atomic E-state index is -0.706. The number of pyridine rings is 1. The highest BCUT2D eigenvalue weighted by Crippen LogP contribution is 2.01. The molecule has 2 aromatic rings. The van der Waals surface area contributed by atoms with E-state index < -0.39 is 17.2 Å². The summed E-state index contributed by atoms with van der Waals surface area (Å²) < 4.78 is 0. The number of aromatic nitrogens is 3. The van der Waals surface area contributed by atoms with Gasteiger partial charge in [0.05, 0.1) is 0 Å². The predicted octanol–water partition coefficient (Wildman–Crippen LogP) is -0.181. The second-order valence-electron chi connectivity index (χ2n) is 4.42. The fourth-order valence-corrected chi connectivity index (χ4v) is 1.80. The van der Waals surface area contributed by atoms with Crippen molar-refractivity contribution in [1.82, 2.24) is 20.3 Å². The number of hydrogen-bond donors (Lipinski definition) is 3. The molecule has 1 amide bonds. The molecule has 3 N–H and O–H groups in total. The van der Waals surface area contributed by atoms with Gasteiger partial charge in [0.15, 0.2) is 0 Å². The van der Waals surface area contributed by atoms with Gasteiger partial charge in [-0.3, -0.25) is 19.6 Å². The molecule has 0 aliphatic carbocycles. The van der Waals surface area contributed by atoms with Gasteiger partial charge in [0.2, 0.25) is 0 Å². The minimum absolute atomic E-state index is 0.119. The number of nitrogens with zero attached hydrogens (tertiary/aromatic N) is 1. The van der Waals surface area contributed by atoms with Gasteiger partial charge >= 0.3 is 5.69 Å². The number of aromatic amines is 2. The average molecular weight is 274 g/mol. The van der Waals surface area contributed by atoms with E-state index in [1.165, 1.54) is 0 Å². The van der Waals surface area contributed by atoms with E-state index >= 15 is 0 Å². The maximum absolute atomic E-state index is 11.9. The Hall–Kier alpha value is -2.70. The summed E-state index contributed by atoms with van der Waals surface area (Å²) in [5.41, 5.74) is -0.437. The van der Waals surface area contributed by atoms with Crippen molar-refractivity contribution in [2.24, 2.45) is 0 Å². The molecule has 0 spiro atoms. The Morgan fingerprint density at radius 1 is 1.35 bits per heavy atom. The standard InChI is InChI=1S/C13H14N4O3/c1-8(6-9-2-4-14-5-3-9)16-11(18)10-7-15-13(20)17-12(10)19/h2-5,7-8H,6H2,1H3,(H,16,18)(H2,15,17,19,20)/t8-/m0/s1. The lowest BCUT2D eigenvalue weighted by Gasteiger charge is -2.13.